The number of rotatable bonds is 7. The zero-order chi connectivity index (χ0) is 27.1. The van der Waals surface area contributed by atoms with Crippen LogP contribution in [-0.2, 0) is 22.3 Å². The number of carbonyl (C=O) groups is 3. The van der Waals surface area contributed by atoms with Crippen molar-refractivity contribution < 1.29 is 27.6 Å². The van der Waals surface area contributed by atoms with Crippen LogP contribution < -0.4 is 10.7 Å². The van der Waals surface area contributed by atoms with E-state index in [-0.39, 0.29) is 30.2 Å². The molecule has 4 unspecified atom stereocenters. The number of nitrogens with one attached hydrogen (secondary N) is 2. The van der Waals surface area contributed by atoms with E-state index in [1.54, 1.807) is 9.80 Å². The SMILES string of the molecule is CC(C)CNC(=O)C1CCC2C(=O)N(CC(C)C)C3NN(Cc4cccc(C(F)(F)F)c4)C(=O)N3C2C1. The summed E-state index contributed by atoms with van der Waals surface area (Å²) in [6.45, 7) is 8.89. The second kappa shape index (κ2) is 10.5. The lowest BCUT2D eigenvalue weighted by atomic mass is 9.75. The van der Waals surface area contributed by atoms with Crippen LogP contribution in [0.3, 0.4) is 0 Å². The summed E-state index contributed by atoms with van der Waals surface area (Å²) in [6, 6.07) is 4.02. The second-order valence-electron chi connectivity index (χ2n) is 11.2. The Labute approximate surface area is 215 Å². The summed E-state index contributed by atoms with van der Waals surface area (Å²) in [5, 5.41) is 4.25. The number of hydrogen-bond acceptors (Lipinski definition) is 4. The molecule has 4 amide bonds. The maximum Gasteiger partial charge on any atom is 0.416 e. The first-order valence-corrected chi connectivity index (χ1v) is 13.0. The Morgan fingerprint density at radius 3 is 2.51 bits per heavy atom. The van der Waals surface area contributed by atoms with Gasteiger partial charge in [-0.25, -0.2) is 4.79 Å². The van der Waals surface area contributed by atoms with Crippen LogP contribution >= 0.6 is 0 Å². The van der Waals surface area contributed by atoms with Gasteiger partial charge < -0.3 is 10.2 Å². The van der Waals surface area contributed by atoms with Gasteiger partial charge in [-0.05, 0) is 48.8 Å². The number of amides is 4. The van der Waals surface area contributed by atoms with Crippen LogP contribution in [0.15, 0.2) is 24.3 Å². The Balaban J connectivity index is 1.58. The summed E-state index contributed by atoms with van der Waals surface area (Å²) in [6.07, 6.45) is -3.79. The smallest absolute Gasteiger partial charge is 0.356 e. The molecule has 2 saturated heterocycles. The molecule has 3 aliphatic rings. The van der Waals surface area contributed by atoms with E-state index in [1.165, 1.54) is 17.1 Å². The first-order chi connectivity index (χ1) is 17.4. The van der Waals surface area contributed by atoms with Crippen molar-refractivity contribution in [3.05, 3.63) is 35.4 Å². The second-order valence-corrected chi connectivity index (χ2v) is 11.2. The van der Waals surface area contributed by atoms with Gasteiger partial charge in [0.25, 0.3) is 0 Å². The van der Waals surface area contributed by atoms with E-state index in [0.717, 1.165) is 12.1 Å². The van der Waals surface area contributed by atoms with E-state index in [9.17, 15) is 27.6 Å². The summed E-state index contributed by atoms with van der Waals surface area (Å²) < 4.78 is 39.7. The van der Waals surface area contributed by atoms with Crippen LogP contribution in [0.4, 0.5) is 18.0 Å². The van der Waals surface area contributed by atoms with E-state index in [4.69, 9.17) is 0 Å². The van der Waals surface area contributed by atoms with Gasteiger partial charge in [-0.1, -0.05) is 39.8 Å². The maximum atomic E-state index is 13.6. The Morgan fingerprint density at radius 1 is 1.14 bits per heavy atom. The molecule has 204 valence electrons. The lowest BCUT2D eigenvalue weighted by molar-refractivity contribution is -0.159. The Morgan fingerprint density at radius 2 is 1.86 bits per heavy atom. The molecule has 8 nitrogen and oxygen atoms in total. The number of halogens is 3. The van der Waals surface area contributed by atoms with E-state index in [1.807, 2.05) is 27.7 Å². The lowest BCUT2D eigenvalue weighted by Gasteiger charge is -2.50. The Kier molecular flexibility index (Phi) is 7.73. The van der Waals surface area contributed by atoms with Crippen LogP contribution in [-0.4, -0.2) is 58.1 Å². The molecule has 3 fully saturated rings. The number of alkyl halides is 3. The van der Waals surface area contributed by atoms with Gasteiger partial charge in [-0.15, -0.1) is 0 Å². The molecule has 0 aromatic heterocycles. The van der Waals surface area contributed by atoms with Crippen molar-refractivity contribution in [2.24, 2.45) is 23.7 Å². The highest BCUT2D eigenvalue weighted by Crippen LogP contribution is 2.41. The number of carbonyl (C=O) groups excluding carboxylic acids is 3. The minimum Gasteiger partial charge on any atom is -0.356 e. The molecule has 0 bridgehead atoms. The number of urea groups is 1. The third-order valence-corrected chi connectivity index (χ3v) is 7.27. The largest absolute Gasteiger partial charge is 0.416 e. The van der Waals surface area contributed by atoms with Gasteiger partial charge in [-0.2, -0.15) is 18.6 Å². The molecule has 2 heterocycles. The van der Waals surface area contributed by atoms with Gasteiger partial charge in [0.05, 0.1) is 18.0 Å². The molecule has 2 N–H and O–H groups in total. The number of hydrogen-bond donors (Lipinski definition) is 2. The maximum absolute atomic E-state index is 13.6. The third-order valence-electron chi connectivity index (χ3n) is 7.27. The zero-order valence-electron chi connectivity index (χ0n) is 21.7. The van der Waals surface area contributed by atoms with Crippen LogP contribution in [0.25, 0.3) is 0 Å². The van der Waals surface area contributed by atoms with Crippen LogP contribution in [0, 0.1) is 23.7 Å². The molecule has 1 aromatic rings. The third kappa shape index (κ3) is 5.71. The fraction of sp³-hybridized carbons (Fsp3) is 0.654. The van der Waals surface area contributed by atoms with E-state index < -0.39 is 36.0 Å². The molecule has 11 heteroatoms. The lowest BCUT2D eigenvalue weighted by Crippen LogP contribution is -2.67. The molecule has 1 aromatic carbocycles. The molecular weight excluding hydrogens is 487 g/mol. The van der Waals surface area contributed by atoms with Crippen molar-refractivity contribution >= 4 is 17.8 Å². The first kappa shape index (κ1) is 27.2. The summed E-state index contributed by atoms with van der Waals surface area (Å²) >= 11 is 0. The predicted molar refractivity (Wildman–Crippen MR) is 130 cm³/mol. The average Bonchev–Trinajstić information content (AvgIpc) is 3.15. The van der Waals surface area contributed by atoms with Gasteiger partial charge in [0, 0.05) is 25.0 Å². The molecule has 0 radical (unpaired) electrons. The Hall–Kier alpha value is -2.82. The number of hydrazine groups is 1. The number of fused-ring (bicyclic) bond motifs is 3. The molecule has 37 heavy (non-hydrogen) atoms. The first-order valence-electron chi connectivity index (χ1n) is 13.0. The quantitative estimate of drug-likeness (QED) is 0.570. The molecular formula is C26H36F3N5O3. The molecule has 4 rings (SSSR count). The Bertz CT molecular complexity index is 1030. The van der Waals surface area contributed by atoms with Gasteiger partial charge in [0.1, 0.15) is 0 Å². The fourth-order valence-electron chi connectivity index (χ4n) is 5.53. The summed E-state index contributed by atoms with van der Waals surface area (Å²) in [4.78, 5) is 43.3. The summed E-state index contributed by atoms with van der Waals surface area (Å²) in [7, 11) is 0. The molecule has 2 aliphatic heterocycles. The van der Waals surface area contributed by atoms with Gasteiger partial charge in [0.2, 0.25) is 11.8 Å². The van der Waals surface area contributed by atoms with Crippen molar-refractivity contribution in [1.82, 2.24) is 25.6 Å². The average molecular weight is 524 g/mol. The normalized spacial score (nSPS) is 26.1. The molecule has 4 atom stereocenters. The minimum absolute atomic E-state index is 0.0535. The highest BCUT2D eigenvalue weighted by molar-refractivity contribution is 5.87. The monoisotopic (exact) mass is 523 g/mol. The van der Waals surface area contributed by atoms with E-state index in [0.29, 0.717) is 43.8 Å². The van der Waals surface area contributed by atoms with Gasteiger partial charge >= 0.3 is 12.2 Å². The van der Waals surface area contributed by atoms with Crippen LogP contribution in [0.2, 0.25) is 0 Å². The van der Waals surface area contributed by atoms with Gasteiger partial charge in [-0.3, -0.25) is 19.5 Å². The molecule has 1 saturated carbocycles. The number of benzene rings is 1. The van der Waals surface area contributed by atoms with E-state index >= 15 is 0 Å². The summed E-state index contributed by atoms with van der Waals surface area (Å²) in [5.74, 6) is -0.392. The number of nitrogens with zero attached hydrogens (tertiary/aromatic N) is 3. The predicted octanol–water partition coefficient (Wildman–Crippen LogP) is 3.79. The van der Waals surface area contributed by atoms with Crippen molar-refractivity contribution in [2.45, 2.75) is 72.0 Å². The van der Waals surface area contributed by atoms with Crippen molar-refractivity contribution in [2.75, 3.05) is 13.1 Å². The molecule has 0 spiro atoms. The van der Waals surface area contributed by atoms with Crippen LogP contribution in [0.5, 0.6) is 0 Å². The van der Waals surface area contributed by atoms with Gasteiger partial charge in [0.15, 0.2) is 6.29 Å². The topological polar surface area (TPSA) is 85.0 Å². The van der Waals surface area contributed by atoms with Crippen molar-refractivity contribution in [1.29, 1.82) is 0 Å². The highest BCUT2D eigenvalue weighted by Gasteiger charge is 2.56. The highest BCUT2D eigenvalue weighted by atomic mass is 19.4. The minimum atomic E-state index is -4.49. The van der Waals surface area contributed by atoms with Crippen LogP contribution in [0.1, 0.15) is 58.1 Å². The standard InChI is InChI=1S/C26H36F3N5O3/c1-15(2)12-30-22(35)18-8-9-20-21(11-18)34-24(32(23(20)36)13-16(3)4)31-33(25(34)37)14-17-6-5-7-19(10-17)26(27,28)29/h5-7,10,15-16,18,20-21,24,31H,8-9,11-14H2,1-4H3,(H,30,35). The van der Waals surface area contributed by atoms with Crippen molar-refractivity contribution in [3.8, 4) is 0 Å². The summed E-state index contributed by atoms with van der Waals surface area (Å²) in [5.41, 5.74) is 2.62. The molecule has 1 aliphatic carbocycles. The fourth-order valence-corrected chi connectivity index (χ4v) is 5.53. The zero-order valence-corrected chi connectivity index (χ0v) is 21.7. The van der Waals surface area contributed by atoms with E-state index in [2.05, 4.69) is 10.7 Å². The van der Waals surface area contributed by atoms with Crippen molar-refractivity contribution in [3.63, 3.8) is 0 Å².